The molecule has 0 spiro atoms. The lowest BCUT2D eigenvalue weighted by Crippen LogP contribution is -2.59. The molecule has 2 aromatic rings. The van der Waals surface area contributed by atoms with E-state index in [1.54, 1.807) is 0 Å². The predicted octanol–water partition coefficient (Wildman–Crippen LogP) is -0.808. The third kappa shape index (κ3) is 3.68. The molecule has 0 saturated carbocycles. The lowest BCUT2D eigenvalue weighted by Gasteiger charge is -2.41. The van der Waals surface area contributed by atoms with Crippen molar-refractivity contribution in [3.63, 3.8) is 0 Å². The normalized spacial score (nSPS) is 33.3. The van der Waals surface area contributed by atoms with Crippen LogP contribution in [0, 0.1) is 0 Å². The van der Waals surface area contributed by atoms with Gasteiger partial charge in [-0.3, -0.25) is 4.79 Å². The van der Waals surface area contributed by atoms with Gasteiger partial charge >= 0.3 is 0 Å². The lowest BCUT2D eigenvalue weighted by atomic mass is 9.90. The average molecular weight is 440 g/mol. The van der Waals surface area contributed by atoms with E-state index in [0.717, 1.165) is 0 Å². The van der Waals surface area contributed by atoms with Crippen LogP contribution in [0.1, 0.15) is 36.4 Å². The molecule has 11 heteroatoms. The Morgan fingerprint density at radius 1 is 1.10 bits per heavy atom. The Kier molecular flexibility index (Phi) is 5.92. The van der Waals surface area contributed by atoms with E-state index >= 15 is 0 Å². The van der Waals surface area contributed by atoms with Gasteiger partial charge in [0.1, 0.15) is 58.7 Å². The zero-order valence-corrected chi connectivity index (χ0v) is 16.5. The lowest BCUT2D eigenvalue weighted by molar-refractivity contribution is -0.314. The van der Waals surface area contributed by atoms with E-state index in [4.69, 9.17) is 18.6 Å². The first-order chi connectivity index (χ1) is 14.8. The molecule has 11 nitrogen and oxygen atoms in total. The van der Waals surface area contributed by atoms with Gasteiger partial charge in [0.25, 0.3) is 0 Å². The number of phenols is 1. The second-order valence-corrected chi connectivity index (χ2v) is 7.64. The number of benzene rings is 1. The van der Waals surface area contributed by atoms with Crippen LogP contribution in [0.15, 0.2) is 21.3 Å². The van der Waals surface area contributed by atoms with Gasteiger partial charge in [-0.25, -0.2) is 0 Å². The fourth-order valence-corrected chi connectivity index (χ4v) is 4.04. The monoisotopic (exact) mass is 440 g/mol. The van der Waals surface area contributed by atoms with E-state index in [2.05, 4.69) is 0 Å². The molecule has 170 valence electrons. The molecule has 1 aromatic heterocycles. The molecule has 1 aliphatic heterocycles. The summed E-state index contributed by atoms with van der Waals surface area (Å²) in [4.78, 5) is 13.2. The van der Waals surface area contributed by atoms with Crippen LogP contribution in [-0.2, 0) is 9.47 Å². The summed E-state index contributed by atoms with van der Waals surface area (Å²) in [6, 6.07) is 2.66. The Bertz CT molecular complexity index is 1020. The van der Waals surface area contributed by atoms with Crippen LogP contribution in [-0.4, -0.2) is 75.1 Å². The maximum Gasteiger partial charge on any atom is 0.202 e. The standard InChI is InChI=1S/C20H24O11/c1-28-7-4-9(23)13-11(5-7)29-19-8(22)2-3-10(14(19)16(13)25)30-20-18(27)17(26)15(24)12(6-21)31-20/h4-5,8,10,12,15,17-18,20-24,26-27H,2-3,6H2,1H3. The molecule has 6 N–H and O–H groups in total. The number of fused-ring (bicyclic) bond motifs is 2. The quantitative estimate of drug-likeness (QED) is 0.350. The summed E-state index contributed by atoms with van der Waals surface area (Å²) in [5.41, 5.74) is -0.665. The summed E-state index contributed by atoms with van der Waals surface area (Å²) >= 11 is 0. The van der Waals surface area contributed by atoms with Crippen LogP contribution < -0.4 is 10.2 Å². The van der Waals surface area contributed by atoms with Crippen LogP contribution >= 0.6 is 0 Å². The number of hydrogen-bond donors (Lipinski definition) is 6. The summed E-state index contributed by atoms with van der Waals surface area (Å²) in [5, 5.41) is 60.1. The smallest absolute Gasteiger partial charge is 0.202 e. The van der Waals surface area contributed by atoms with Gasteiger partial charge in [-0.15, -0.1) is 0 Å². The Morgan fingerprint density at radius 3 is 2.52 bits per heavy atom. The van der Waals surface area contributed by atoms with E-state index in [1.807, 2.05) is 0 Å². The predicted molar refractivity (Wildman–Crippen MR) is 102 cm³/mol. The van der Waals surface area contributed by atoms with Gasteiger partial charge in [0.2, 0.25) is 5.43 Å². The van der Waals surface area contributed by atoms with E-state index in [9.17, 15) is 35.4 Å². The molecule has 4 rings (SSSR count). The molecule has 1 aliphatic carbocycles. The number of hydrogen-bond acceptors (Lipinski definition) is 11. The van der Waals surface area contributed by atoms with Crippen molar-refractivity contribution in [3.05, 3.63) is 33.7 Å². The first-order valence-electron chi connectivity index (χ1n) is 9.78. The van der Waals surface area contributed by atoms with Crippen molar-refractivity contribution in [3.8, 4) is 11.5 Å². The van der Waals surface area contributed by atoms with Gasteiger partial charge in [0.15, 0.2) is 6.29 Å². The van der Waals surface area contributed by atoms with Crippen LogP contribution in [0.4, 0.5) is 0 Å². The van der Waals surface area contributed by atoms with Crippen molar-refractivity contribution < 1.29 is 49.3 Å². The molecule has 1 fully saturated rings. The third-order valence-electron chi connectivity index (χ3n) is 5.72. The SMILES string of the molecule is COc1cc(O)c2c(=O)c3c(oc2c1)C(O)CCC3OC1OC(CO)C(O)C(O)C1O. The highest BCUT2D eigenvalue weighted by Gasteiger charge is 2.46. The Hall–Kier alpha value is -2.25. The van der Waals surface area contributed by atoms with Gasteiger partial charge in [-0.05, 0) is 12.8 Å². The molecule has 0 amide bonds. The molecular formula is C20H24O11. The minimum atomic E-state index is -1.65. The number of aromatic hydroxyl groups is 1. The largest absolute Gasteiger partial charge is 0.507 e. The minimum Gasteiger partial charge on any atom is -0.507 e. The molecule has 31 heavy (non-hydrogen) atoms. The maximum atomic E-state index is 13.2. The summed E-state index contributed by atoms with van der Waals surface area (Å²) in [7, 11) is 1.39. The second kappa shape index (κ2) is 8.36. The molecule has 1 aromatic carbocycles. The fraction of sp³-hybridized carbons (Fsp3) is 0.550. The molecule has 7 unspecified atom stereocenters. The minimum absolute atomic E-state index is 0.0214. The number of ether oxygens (including phenoxy) is 3. The van der Waals surface area contributed by atoms with Crippen LogP contribution in [0.3, 0.4) is 0 Å². The topological polar surface area (TPSA) is 179 Å². The summed E-state index contributed by atoms with van der Waals surface area (Å²) in [5.74, 6) is -0.170. The summed E-state index contributed by atoms with van der Waals surface area (Å²) in [6.07, 6.45) is -9.30. The molecule has 2 aliphatic rings. The van der Waals surface area contributed by atoms with E-state index in [-0.39, 0.29) is 46.6 Å². The Balaban J connectivity index is 1.75. The first-order valence-corrected chi connectivity index (χ1v) is 9.78. The van der Waals surface area contributed by atoms with Gasteiger partial charge in [0, 0.05) is 12.1 Å². The zero-order chi connectivity index (χ0) is 22.4. The summed E-state index contributed by atoms with van der Waals surface area (Å²) in [6.45, 7) is -0.632. The van der Waals surface area contributed by atoms with Gasteiger partial charge in [0.05, 0.1) is 25.4 Å². The number of aliphatic hydroxyl groups is 5. The molecule has 1 saturated heterocycles. The zero-order valence-electron chi connectivity index (χ0n) is 16.5. The fourth-order valence-electron chi connectivity index (χ4n) is 4.04. The van der Waals surface area contributed by atoms with Crippen molar-refractivity contribution in [1.29, 1.82) is 0 Å². The highest BCUT2D eigenvalue weighted by Crippen LogP contribution is 2.41. The number of rotatable bonds is 4. The van der Waals surface area contributed by atoms with Crippen molar-refractivity contribution in [2.24, 2.45) is 0 Å². The highest BCUT2D eigenvalue weighted by atomic mass is 16.7. The summed E-state index contributed by atoms with van der Waals surface area (Å²) < 4.78 is 21.9. The Labute approximate surface area is 175 Å². The van der Waals surface area contributed by atoms with Crippen LogP contribution in [0.25, 0.3) is 11.0 Å². The molecule has 0 radical (unpaired) electrons. The van der Waals surface area contributed by atoms with Gasteiger partial charge in [-0.2, -0.15) is 0 Å². The average Bonchev–Trinajstić information content (AvgIpc) is 2.75. The second-order valence-electron chi connectivity index (χ2n) is 7.64. The number of methoxy groups -OCH3 is 1. The number of phenolic OH excluding ortho intramolecular Hbond substituents is 1. The molecule has 7 atom stereocenters. The molecule has 0 bridgehead atoms. The molecule has 2 heterocycles. The van der Waals surface area contributed by atoms with Crippen molar-refractivity contribution in [2.75, 3.05) is 13.7 Å². The highest BCUT2D eigenvalue weighted by molar-refractivity contribution is 5.85. The van der Waals surface area contributed by atoms with Crippen LogP contribution in [0.2, 0.25) is 0 Å². The van der Waals surface area contributed by atoms with Crippen molar-refractivity contribution >= 4 is 11.0 Å². The third-order valence-corrected chi connectivity index (χ3v) is 5.72. The maximum absolute atomic E-state index is 13.2. The first kappa shape index (κ1) is 22.0. The number of aliphatic hydroxyl groups excluding tert-OH is 5. The van der Waals surface area contributed by atoms with E-state index in [0.29, 0.717) is 0 Å². The Morgan fingerprint density at radius 2 is 1.84 bits per heavy atom. The van der Waals surface area contributed by atoms with Crippen molar-refractivity contribution in [1.82, 2.24) is 0 Å². The van der Waals surface area contributed by atoms with Crippen molar-refractivity contribution in [2.45, 2.75) is 55.8 Å². The van der Waals surface area contributed by atoms with Crippen LogP contribution in [0.5, 0.6) is 11.5 Å². The molecular weight excluding hydrogens is 416 g/mol. The van der Waals surface area contributed by atoms with E-state index in [1.165, 1.54) is 19.2 Å². The van der Waals surface area contributed by atoms with E-state index < -0.39 is 54.9 Å². The van der Waals surface area contributed by atoms with Gasteiger partial charge < -0.3 is 49.3 Å². The van der Waals surface area contributed by atoms with Gasteiger partial charge in [-0.1, -0.05) is 0 Å².